The molecule has 0 atom stereocenters. The molecule has 1 aliphatic carbocycles. The van der Waals surface area contributed by atoms with Crippen molar-refractivity contribution in [3.05, 3.63) is 29.3 Å². The Morgan fingerprint density at radius 2 is 1.89 bits per heavy atom. The first-order valence-corrected chi connectivity index (χ1v) is 12.0. The molecule has 0 bridgehead atoms. The van der Waals surface area contributed by atoms with E-state index in [4.69, 9.17) is 4.99 Å². The van der Waals surface area contributed by atoms with E-state index in [1.54, 1.807) is 10.4 Å². The number of rotatable bonds is 3. The molecule has 1 saturated carbocycles. The van der Waals surface area contributed by atoms with Crippen LogP contribution in [0, 0.1) is 13.8 Å². The van der Waals surface area contributed by atoms with Crippen LogP contribution in [0.4, 0.5) is 0 Å². The normalized spacial score (nSPS) is 23.7. The molecule has 154 valence electrons. The van der Waals surface area contributed by atoms with E-state index in [1.807, 2.05) is 26.0 Å². The topological polar surface area (TPSA) is 73.8 Å². The largest absolute Gasteiger partial charge is 0.370 e. The standard InChI is InChI=1S/C21H32N4O2S/c1-16-7-8-17(2)19(15-16)28(26,27)25-13-9-21(10-14-25)20(22-11-12-23-21)24-18-5-3-4-6-18/h7-8,15,18,23H,3-6,9-14H2,1-2H3,(H,22,24). The maximum atomic E-state index is 13.3. The van der Waals surface area contributed by atoms with Crippen molar-refractivity contribution in [2.45, 2.75) is 68.8 Å². The summed E-state index contributed by atoms with van der Waals surface area (Å²) in [5, 5.41) is 7.38. The third-order valence-electron chi connectivity index (χ3n) is 6.53. The van der Waals surface area contributed by atoms with Gasteiger partial charge in [0.2, 0.25) is 10.0 Å². The lowest BCUT2D eigenvalue weighted by Crippen LogP contribution is -2.65. The Morgan fingerprint density at radius 1 is 1.18 bits per heavy atom. The van der Waals surface area contributed by atoms with Gasteiger partial charge in [-0.2, -0.15) is 4.31 Å². The Hall–Kier alpha value is -1.44. The minimum Gasteiger partial charge on any atom is -0.370 e. The maximum absolute atomic E-state index is 13.3. The molecule has 1 saturated heterocycles. The van der Waals surface area contributed by atoms with Crippen LogP contribution in [0.1, 0.15) is 49.7 Å². The monoisotopic (exact) mass is 404 g/mol. The number of benzene rings is 1. The van der Waals surface area contributed by atoms with E-state index in [1.165, 1.54) is 25.7 Å². The molecule has 6 nitrogen and oxygen atoms in total. The number of hydrogen-bond donors (Lipinski definition) is 2. The van der Waals surface area contributed by atoms with Crippen LogP contribution in [0.3, 0.4) is 0 Å². The highest BCUT2D eigenvalue weighted by atomic mass is 32.2. The van der Waals surface area contributed by atoms with Gasteiger partial charge in [0.1, 0.15) is 5.84 Å². The number of aliphatic imine (C=N–C) groups is 1. The zero-order valence-electron chi connectivity index (χ0n) is 17.0. The summed E-state index contributed by atoms with van der Waals surface area (Å²) in [6, 6.07) is 6.17. The molecule has 1 spiro atoms. The van der Waals surface area contributed by atoms with Crippen LogP contribution in [0.2, 0.25) is 0 Å². The Balaban J connectivity index is 1.50. The number of sulfonamides is 1. The van der Waals surface area contributed by atoms with Crippen molar-refractivity contribution < 1.29 is 8.42 Å². The van der Waals surface area contributed by atoms with Gasteiger partial charge >= 0.3 is 0 Å². The van der Waals surface area contributed by atoms with Crippen LogP contribution in [0.5, 0.6) is 0 Å². The summed E-state index contributed by atoms with van der Waals surface area (Å²) in [5.74, 6) is 1.06. The molecule has 2 N–H and O–H groups in total. The van der Waals surface area contributed by atoms with Gasteiger partial charge in [0.25, 0.3) is 0 Å². The Morgan fingerprint density at radius 3 is 2.61 bits per heavy atom. The fourth-order valence-corrected chi connectivity index (χ4v) is 6.54. The summed E-state index contributed by atoms with van der Waals surface area (Å²) in [6.07, 6.45) is 6.51. The smallest absolute Gasteiger partial charge is 0.243 e. The summed E-state index contributed by atoms with van der Waals surface area (Å²) in [7, 11) is -3.47. The van der Waals surface area contributed by atoms with Crippen LogP contribution in [-0.2, 0) is 10.0 Å². The van der Waals surface area contributed by atoms with Gasteiger partial charge in [-0.3, -0.25) is 4.99 Å². The highest BCUT2D eigenvalue weighted by Gasteiger charge is 2.44. The zero-order valence-corrected chi connectivity index (χ0v) is 17.8. The third-order valence-corrected chi connectivity index (χ3v) is 8.57. The van der Waals surface area contributed by atoms with Crippen LogP contribution in [0.15, 0.2) is 28.1 Å². The molecule has 0 unspecified atom stereocenters. The number of piperidine rings is 1. The summed E-state index contributed by atoms with van der Waals surface area (Å²) in [4.78, 5) is 5.26. The van der Waals surface area contributed by atoms with Crippen molar-refractivity contribution in [1.82, 2.24) is 14.9 Å². The van der Waals surface area contributed by atoms with E-state index < -0.39 is 10.0 Å². The van der Waals surface area contributed by atoms with E-state index in [-0.39, 0.29) is 5.54 Å². The molecule has 2 heterocycles. The van der Waals surface area contributed by atoms with Crippen molar-refractivity contribution in [2.24, 2.45) is 4.99 Å². The van der Waals surface area contributed by atoms with Crippen molar-refractivity contribution in [1.29, 1.82) is 0 Å². The molecule has 0 aromatic heterocycles. The van der Waals surface area contributed by atoms with Gasteiger partial charge in [0.05, 0.1) is 17.0 Å². The second kappa shape index (κ2) is 7.76. The van der Waals surface area contributed by atoms with Gasteiger partial charge < -0.3 is 10.6 Å². The van der Waals surface area contributed by atoms with Gasteiger partial charge in [-0.15, -0.1) is 0 Å². The van der Waals surface area contributed by atoms with Crippen LogP contribution in [-0.4, -0.2) is 56.3 Å². The molecule has 4 rings (SSSR count). The van der Waals surface area contributed by atoms with E-state index in [9.17, 15) is 8.42 Å². The Labute approximate surface area is 168 Å². The number of nitrogens with one attached hydrogen (secondary N) is 2. The van der Waals surface area contributed by atoms with E-state index >= 15 is 0 Å². The first-order chi connectivity index (χ1) is 13.4. The van der Waals surface area contributed by atoms with Crippen molar-refractivity contribution in [2.75, 3.05) is 26.2 Å². The minimum atomic E-state index is -3.47. The van der Waals surface area contributed by atoms with Gasteiger partial charge in [0.15, 0.2) is 0 Å². The van der Waals surface area contributed by atoms with Gasteiger partial charge in [-0.05, 0) is 56.7 Å². The molecule has 3 aliphatic rings. The van der Waals surface area contributed by atoms with Crippen molar-refractivity contribution >= 4 is 15.9 Å². The minimum absolute atomic E-state index is 0.200. The van der Waals surface area contributed by atoms with E-state index in [0.29, 0.717) is 24.0 Å². The molecule has 0 amide bonds. The SMILES string of the molecule is Cc1ccc(C)c(S(=O)(=O)N2CCC3(CC2)NCCN=C3NC2CCCC2)c1. The molecule has 2 fully saturated rings. The van der Waals surface area contributed by atoms with E-state index in [2.05, 4.69) is 10.6 Å². The fraction of sp³-hybridized carbons (Fsp3) is 0.667. The molecule has 28 heavy (non-hydrogen) atoms. The zero-order chi connectivity index (χ0) is 19.8. The van der Waals surface area contributed by atoms with Gasteiger partial charge in [-0.25, -0.2) is 8.42 Å². The first kappa shape index (κ1) is 19.9. The summed E-state index contributed by atoms with van der Waals surface area (Å²) < 4.78 is 28.2. The van der Waals surface area contributed by atoms with Crippen molar-refractivity contribution in [3.8, 4) is 0 Å². The average molecular weight is 405 g/mol. The molecule has 1 aromatic carbocycles. The van der Waals surface area contributed by atoms with Crippen LogP contribution in [0.25, 0.3) is 0 Å². The maximum Gasteiger partial charge on any atom is 0.243 e. The second-order valence-electron chi connectivity index (χ2n) is 8.54. The lowest BCUT2D eigenvalue weighted by molar-refractivity contribution is 0.240. The average Bonchev–Trinajstić information content (AvgIpc) is 3.19. The predicted molar refractivity (Wildman–Crippen MR) is 112 cm³/mol. The fourth-order valence-electron chi connectivity index (χ4n) is 4.79. The lowest BCUT2D eigenvalue weighted by Gasteiger charge is -2.45. The molecule has 1 aromatic rings. The lowest BCUT2D eigenvalue weighted by atomic mass is 9.85. The first-order valence-electron chi connectivity index (χ1n) is 10.5. The van der Waals surface area contributed by atoms with Gasteiger partial charge in [-0.1, -0.05) is 25.0 Å². The highest BCUT2D eigenvalue weighted by Crippen LogP contribution is 2.31. The van der Waals surface area contributed by atoms with Crippen LogP contribution < -0.4 is 10.6 Å². The number of nitrogens with zero attached hydrogens (tertiary/aromatic N) is 2. The molecule has 7 heteroatoms. The number of amidine groups is 1. The van der Waals surface area contributed by atoms with Crippen LogP contribution >= 0.6 is 0 Å². The number of aryl methyl sites for hydroxylation is 2. The molecular weight excluding hydrogens is 372 g/mol. The Bertz CT molecular complexity index is 851. The third kappa shape index (κ3) is 3.72. The summed E-state index contributed by atoms with van der Waals surface area (Å²) in [6.45, 7) is 6.51. The second-order valence-corrected chi connectivity index (χ2v) is 10.4. The molecular formula is C21H32N4O2S. The summed E-state index contributed by atoms with van der Waals surface area (Å²) >= 11 is 0. The highest BCUT2D eigenvalue weighted by molar-refractivity contribution is 7.89. The molecule has 0 radical (unpaired) electrons. The quantitative estimate of drug-likeness (QED) is 0.811. The Kier molecular flexibility index (Phi) is 5.51. The predicted octanol–water partition coefficient (Wildman–Crippen LogP) is 2.36. The summed E-state index contributed by atoms with van der Waals surface area (Å²) in [5.41, 5.74) is 1.59. The van der Waals surface area contributed by atoms with E-state index in [0.717, 1.165) is 42.9 Å². The molecule has 2 aliphatic heterocycles. The van der Waals surface area contributed by atoms with Gasteiger partial charge in [0, 0.05) is 25.7 Å². The number of hydrogen-bond acceptors (Lipinski definition) is 5. The van der Waals surface area contributed by atoms with Crippen molar-refractivity contribution in [3.63, 3.8) is 0 Å².